The summed E-state index contributed by atoms with van der Waals surface area (Å²) < 4.78 is 0. The highest BCUT2D eigenvalue weighted by molar-refractivity contribution is 5.93. The minimum atomic E-state index is -0.173. The molecule has 0 fully saturated rings. The van der Waals surface area contributed by atoms with E-state index in [-0.39, 0.29) is 11.9 Å². The smallest absolute Gasteiger partial charge is 0.254 e. The van der Waals surface area contributed by atoms with Crippen LogP contribution in [0.25, 0.3) is 0 Å². The Balaban J connectivity index is 1.97. The number of rotatable bonds is 6. The fourth-order valence-corrected chi connectivity index (χ4v) is 1.88. The summed E-state index contributed by atoms with van der Waals surface area (Å²) in [5.74, 6) is 0.373. The standard InChI is InChI=1S/C16H20N4O/c1-3-9-17-16-18-10-14(11-19-16)15(21)20-12(2)13-7-5-4-6-8-13/h4-8,10-12H,3,9H2,1-2H3,(H,20,21)(H,17,18,19). The van der Waals surface area contributed by atoms with Crippen molar-refractivity contribution in [1.82, 2.24) is 15.3 Å². The average molecular weight is 284 g/mol. The lowest BCUT2D eigenvalue weighted by molar-refractivity contribution is 0.0939. The van der Waals surface area contributed by atoms with Crippen LogP contribution in [0.1, 0.15) is 42.2 Å². The van der Waals surface area contributed by atoms with E-state index in [1.54, 1.807) is 0 Å². The highest BCUT2D eigenvalue weighted by Gasteiger charge is 2.12. The Morgan fingerprint density at radius 3 is 2.48 bits per heavy atom. The van der Waals surface area contributed by atoms with Crippen LogP contribution in [0.2, 0.25) is 0 Å². The Morgan fingerprint density at radius 1 is 1.19 bits per heavy atom. The highest BCUT2D eigenvalue weighted by atomic mass is 16.1. The van der Waals surface area contributed by atoms with Crippen molar-refractivity contribution in [3.63, 3.8) is 0 Å². The second kappa shape index (κ2) is 7.38. The number of carbonyl (C=O) groups excluding carboxylic acids is 1. The van der Waals surface area contributed by atoms with Crippen LogP contribution in [-0.4, -0.2) is 22.4 Å². The molecule has 1 aromatic carbocycles. The summed E-state index contributed by atoms with van der Waals surface area (Å²) in [6.45, 7) is 4.83. The molecule has 110 valence electrons. The lowest BCUT2D eigenvalue weighted by Gasteiger charge is -2.14. The van der Waals surface area contributed by atoms with Gasteiger partial charge in [-0.15, -0.1) is 0 Å². The molecule has 0 aliphatic rings. The van der Waals surface area contributed by atoms with Gasteiger partial charge >= 0.3 is 0 Å². The Labute approximate surface area is 124 Å². The van der Waals surface area contributed by atoms with Crippen molar-refractivity contribution >= 4 is 11.9 Å². The first-order valence-electron chi connectivity index (χ1n) is 7.12. The second-order valence-corrected chi connectivity index (χ2v) is 4.83. The van der Waals surface area contributed by atoms with Crippen molar-refractivity contribution in [3.05, 3.63) is 53.9 Å². The maximum absolute atomic E-state index is 12.1. The zero-order chi connectivity index (χ0) is 15.1. The van der Waals surface area contributed by atoms with Gasteiger partial charge in [0, 0.05) is 18.9 Å². The topological polar surface area (TPSA) is 66.9 Å². The van der Waals surface area contributed by atoms with Crippen LogP contribution in [0.5, 0.6) is 0 Å². The second-order valence-electron chi connectivity index (χ2n) is 4.83. The van der Waals surface area contributed by atoms with E-state index >= 15 is 0 Å². The molecule has 0 saturated carbocycles. The number of nitrogens with one attached hydrogen (secondary N) is 2. The number of nitrogens with zero attached hydrogens (tertiary/aromatic N) is 2. The first kappa shape index (κ1) is 15.0. The molecular weight excluding hydrogens is 264 g/mol. The first-order valence-corrected chi connectivity index (χ1v) is 7.12. The number of anilines is 1. The fourth-order valence-electron chi connectivity index (χ4n) is 1.88. The minimum absolute atomic E-state index is 0.0587. The molecule has 0 aliphatic heterocycles. The lowest BCUT2D eigenvalue weighted by atomic mass is 10.1. The van der Waals surface area contributed by atoms with Gasteiger partial charge in [-0.3, -0.25) is 4.79 Å². The lowest BCUT2D eigenvalue weighted by Crippen LogP contribution is -2.26. The van der Waals surface area contributed by atoms with Crippen molar-refractivity contribution in [2.24, 2.45) is 0 Å². The number of aromatic nitrogens is 2. The molecule has 2 N–H and O–H groups in total. The van der Waals surface area contributed by atoms with Gasteiger partial charge in [0.2, 0.25) is 5.95 Å². The van der Waals surface area contributed by atoms with E-state index < -0.39 is 0 Å². The third-order valence-corrected chi connectivity index (χ3v) is 3.09. The van der Waals surface area contributed by atoms with Crippen LogP contribution in [0.15, 0.2) is 42.7 Å². The monoisotopic (exact) mass is 284 g/mol. The van der Waals surface area contributed by atoms with E-state index in [0.717, 1.165) is 18.5 Å². The van der Waals surface area contributed by atoms with Gasteiger partial charge in [-0.1, -0.05) is 37.3 Å². The molecule has 1 unspecified atom stereocenters. The molecule has 0 spiro atoms. The average Bonchev–Trinajstić information content (AvgIpc) is 2.54. The molecule has 0 bridgehead atoms. The summed E-state index contributed by atoms with van der Waals surface area (Å²) >= 11 is 0. The van der Waals surface area contributed by atoms with Crippen molar-refractivity contribution < 1.29 is 4.79 Å². The molecule has 5 nitrogen and oxygen atoms in total. The summed E-state index contributed by atoms with van der Waals surface area (Å²) in [4.78, 5) is 20.4. The van der Waals surface area contributed by atoms with Gasteiger partial charge in [0.05, 0.1) is 11.6 Å². The molecule has 1 atom stereocenters. The maximum atomic E-state index is 12.1. The molecule has 0 radical (unpaired) electrons. The zero-order valence-corrected chi connectivity index (χ0v) is 12.3. The van der Waals surface area contributed by atoms with Crippen molar-refractivity contribution in [2.45, 2.75) is 26.3 Å². The van der Waals surface area contributed by atoms with E-state index in [9.17, 15) is 4.79 Å². The van der Waals surface area contributed by atoms with E-state index in [4.69, 9.17) is 0 Å². The number of carbonyl (C=O) groups is 1. The van der Waals surface area contributed by atoms with Gasteiger partial charge in [-0.25, -0.2) is 9.97 Å². The predicted molar refractivity (Wildman–Crippen MR) is 83.1 cm³/mol. The number of amides is 1. The molecule has 21 heavy (non-hydrogen) atoms. The summed E-state index contributed by atoms with van der Waals surface area (Å²) in [5.41, 5.74) is 1.52. The van der Waals surface area contributed by atoms with E-state index in [2.05, 4.69) is 27.5 Å². The Morgan fingerprint density at radius 2 is 1.86 bits per heavy atom. The third-order valence-electron chi connectivity index (χ3n) is 3.09. The molecule has 5 heteroatoms. The van der Waals surface area contributed by atoms with Crippen LogP contribution in [0, 0.1) is 0 Å². The van der Waals surface area contributed by atoms with Crippen molar-refractivity contribution in [2.75, 3.05) is 11.9 Å². The largest absolute Gasteiger partial charge is 0.354 e. The first-order chi connectivity index (χ1) is 10.2. The molecule has 0 saturated heterocycles. The normalized spacial score (nSPS) is 11.7. The van der Waals surface area contributed by atoms with Crippen LogP contribution in [-0.2, 0) is 0 Å². The minimum Gasteiger partial charge on any atom is -0.354 e. The van der Waals surface area contributed by atoms with Crippen LogP contribution >= 0.6 is 0 Å². The van der Waals surface area contributed by atoms with Gasteiger partial charge in [0.15, 0.2) is 0 Å². The van der Waals surface area contributed by atoms with E-state index in [1.165, 1.54) is 12.4 Å². The number of hydrogen-bond donors (Lipinski definition) is 2. The summed E-state index contributed by atoms with van der Waals surface area (Å²) in [6.07, 6.45) is 4.08. The van der Waals surface area contributed by atoms with Crippen LogP contribution in [0.4, 0.5) is 5.95 Å². The Hall–Kier alpha value is -2.43. The SMILES string of the molecule is CCCNc1ncc(C(=O)NC(C)c2ccccc2)cn1. The van der Waals surface area contributed by atoms with Gasteiger partial charge in [-0.05, 0) is 18.9 Å². The molecular formula is C16H20N4O. The predicted octanol–water partition coefficient (Wildman–Crippen LogP) is 2.79. The zero-order valence-electron chi connectivity index (χ0n) is 12.3. The van der Waals surface area contributed by atoms with Gasteiger partial charge in [-0.2, -0.15) is 0 Å². The Bertz CT molecular complexity index is 569. The third kappa shape index (κ3) is 4.27. The molecule has 1 amide bonds. The summed E-state index contributed by atoms with van der Waals surface area (Å²) in [5, 5.41) is 6.01. The quantitative estimate of drug-likeness (QED) is 0.856. The summed E-state index contributed by atoms with van der Waals surface area (Å²) in [6, 6.07) is 9.77. The molecule has 2 rings (SSSR count). The van der Waals surface area contributed by atoms with Gasteiger partial charge in [0.1, 0.15) is 0 Å². The highest BCUT2D eigenvalue weighted by Crippen LogP contribution is 2.12. The Kier molecular flexibility index (Phi) is 5.26. The van der Waals surface area contributed by atoms with Crippen LogP contribution in [0.3, 0.4) is 0 Å². The molecule has 1 aromatic heterocycles. The number of benzene rings is 1. The van der Waals surface area contributed by atoms with Crippen molar-refractivity contribution in [1.29, 1.82) is 0 Å². The maximum Gasteiger partial charge on any atom is 0.254 e. The van der Waals surface area contributed by atoms with Gasteiger partial charge < -0.3 is 10.6 Å². The fraction of sp³-hybridized carbons (Fsp3) is 0.312. The number of hydrogen-bond acceptors (Lipinski definition) is 4. The van der Waals surface area contributed by atoms with Crippen LogP contribution < -0.4 is 10.6 Å². The molecule has 2 aromatic rings. The van der Waals surface area contributed by atoms with Gasteiger partial charge in [0.25, 0.3) is 5.91 Å². The van der Waals surface area contributed by atoms with Crippen molar-refractivity contribution in [3.8, 4) is 0 Å². The van der Waals surface area contributed by atoms with E-state index in [1.807, 2.05) is 37.3 Å². The molecule has 0 aliphatic carbocycles. The summed E-state index contributed by atoms with van der Waals surface area (Å²) in [7, 11) is 0. The molecule has 1 heterocycles. The van der Waals surface area contributed by atoms with E-state index in [0.29, 0.717) is 11.5 Å².